The van der Waals surface area contributed by atoms with Crippen LogP contribution in [0.25, 0.3) is 16.6 Å². The lowest BCUT2D eigenvalue weighted by atomic mass is 10.1. The normalized spacial score (nSPS) is 11.8. The average molecular weight is 426 g/mol. The number of thioether (sulfide) groups is 1. The first-order valence-electron chi connectivity index (χ1n) is 9.57. The molecule has 0 aliphatic heterocycles. The molecule has 0 bridgehead atoms. The zero-order valence-corrected chi connectivity index (χ0v) is 17.9. The van der Waals surface area contributed by atoms with E-state index >= 15 is 0 Å². The van der Waals surface area contributed by atoms with Gasteiger partial charge in [-0.25, -0.2) is 9.78 Å². The average Bonchev–Trinajstić information content (AvgIpc) is 2.77. The van der Waals surface area contributed by atoms with E-state index in [2.05, 4.69) is 10.3 Å². The first kappa shape index (κ1) is 21.6. The van der Waals surface area contributed by atoms with Crippen molar-refractivity contribution in [1.82, 2.24) is 14.9 Å². The second-order valence-electron chi connectivity index (χ2n) is 6.76. The van der Waals surface area contributed by atoms with Gasteiger partial charge in [-0.05, 0) is 43.7 Å². The van der Waals surface area contributed by atoms with Gasteiger partial charge in [0.15, 0.2) is 5.16 Å². The van der Waals surface area contributed by atoms with Crippen LogP contribution in [0.1, 0.15) is 30.6 Å². The smallest absolute Gasteiger partial charge is 0.337 e. The number of methoxy groups -OCH3 is 1. The Kier molecular flexibility index (Phi) is 6.89. The second-order valence-corrected chi connectivity index (χ2v) is 7.70. The molecule has 3 rings (SSSR count). The SMILES string of the molecule is CCC(C)NC(=O)CSc1nc2cc(C(=O)OC)ccc2c(=O)n1-c1ccccc1. The molecular formula is C22H23N3O4S. The standard InChI is InChI=1S/C22H23N3O4S/c1-4-14(2)23-19(26)13-30-22-24-18-12-15(21(28)29-3)10-11-17(18)20(27)25(22)16-8-6-5-7-9-16/h5-12,14H,4,13H2,1-3H3,(H,23,26). The molecule has 1 N–H and O–H groups in total. The predicted octanol–water partition coefficient (Wildman–Crippen LogP) is 3.18. The Bertz CT molecular complexity index is 1130. The molecule has 1 unspecified atom stereocenters. The summed E-state index contributed by atoms with van der Waals surface area (Å²) in [5, 5.41) is 3.66. The molecule has 2 aromatic carbocycles. The minimum absolute atomic E-state index is 0.0709. The maximum atomic E-state index is 13.3. The third-order valence-corrected chi connectivity index (χ3v) is 5.56. The molecule has 7 nitrogen and oxygen atoms in total. The molecular weight excluding hydrogens is 402 g/mol. The Labute approximate surface area is 178 Å². The summed E-state index contributed by atoms with van der Waals surface area (Å²) in [6.45, 7) is 3.93. The van der Waals surface area contributed by atoms with E-state index in [1.807, 2.05) is 32.0 Å². The van der Waals surface area contributed by atoms with Gasteiger partial charge in [0.2, 0.25) is 5.91 Å². The molecule has 0 fully saturated rings. The van der Waals surface area contributed by atoms with Crippen LogP contribution in [0.3, 0.4) is 0 Å². The number of nitrogens with one attached hydrogen (secondary N) is 1. The number of hydrogen-bond donors (Lipinski definition) is 1. The Hall–Kier alpha value is -3.13. The van der Waals surface area contributed by atoms with Crippen molar-refractivity contribution in [3.8, 4) is 5.69 Å². The van der Waals surface area contributed by atoms with Gasteiger partial charge < -0.3 is 10.1 Å². The van der Waals surface area contributed by atoms with Crippen LogP contribution < -0.4 is 10.9 Å². The fraction of sp³-hybridized carbons (Fsp3) is 0.273. The van der Waals surface area contributed by atoms with Gasteiger partial charge in [-0.1, -0.05) is 36.9 Å². The Balaban J connectivity index is 2.08. The molecule has 156 valence electrons. The highest BCUT2D eigenvalue weighted by atomic mass is 32.2. The van der Waals surface area contributed by atoms with Gasteiger partial charge in [0.1, 0.15) is 0 Å². The van der Waals surface area contributed by atoms with Gasteiger partial charge in [-0.2, -0.15) is 0 Å². The highest BCUT2D eigenvalue weighted by molar-refractivity contribution is 7.99. The van der Waals surface area contributed by atoms with Crippen LogP contribution in [0.2, 0.25) is 0 Å². The molecule has 0 spiro atoms. The van der Waals surface area contributed by atoms with Crippen LogP contribution in [-0.4, -0.2) is 40.3 Å². The molecule has 0 saturated heterocycles. The van der Waals surface area contributed by atoms with E-state index in [-0.39, 0.29) is 23.3 Å². The lowest BCUT2D eigenvalue weighted by molar-refractivity contribution is -0.119. The van der Waals surface area contributed by atoms with Gasteiger partial charge >= 0.3 is 5.97 Å². The summed E-state index contributed by atoms with van der Waals surface area (Å²) in [5.41, 5.74) is 1.06. The van der Waals surface area contributed by atoms with Crippen molar-refractivity contribution in [3.63, 3.8) is 0 Å². The van der Waals surface area contributed by atoms with E-state index in [1.165, 1.54) is 29.5 Å². The predicted molar refractivity (Wildman–Crippen MR) is 117 cm³/mol. The topological polar surface area (TPSA) is 90.3 Å². The van der Waals surface area contributed by atoms with Gasteiger partial charge in [0.25, 0.3) is 5.56 Å². The number of amides is 1. The number of para-hydroxylation sites is 1. The van der Waals surface area contributed by atoms with Crippen LogP contribution in [0.4, 0.5) is 0 Å². The summed E-state index contributed by atoms with van der Waals surface area (Å²) >= 11 is 1.18. The molecule has 0 aliphatic carbocycles. The van der Waals surface area contributed by atoms with E-state index in [1.54, 1.807) is 24.3 Å². The third kappa shape index (κ3) is 4.71. The molecule has 30 heavy (non-hydrogen) atoms. The van der Waals surface area contributed by atoms with Crippen molar-refractivity contribution in [2.24, 2.45) is 0 Å². The van der Waals surface area contributed by atoms with Crippen molar-refractivity contribution >= 4 is 34.5 Å². The van der Waals surface area contributed by atoms with E-state index in [0.29, 0.717) is 27.3 Å². The van der Waals surface area contributed by atoms with Crippen molar-refractivity contribution in [1.29, 1.82) is 0 Å². The lowest BCUT2D eigenvalue weighted by Crippen LogP contribution is -2.33. The second kappa shape index (κ2) is 9.58. The lowest BCUT2D eigenvalue weighted by Gasteiger charge is -2.14. The van der Waals surface area contributed by atoms with Crippen LogP contribution in [0, 0.1) is 0 Å². The highest BCUT2D eigenvalue weighted by Crippen LogP contribution is 2.22. The summed E-state index contributed by atoms with van der Waals surface area (Å²) < 4.78 is 6.24. The van der Waals surface area contributed by atoms with Gasteiger partial charge in [0, 0.05) is 6.04 Å². The summed E-state index contributed by atoms with van der Waals surface area (Å²) in [4.78, 5) is 42.0. The van der Waals surface area contributed by atoms with E-state index in [9.17, 15) is 14.4 Å². The van der Waals surface area contributed by atoms with Crippen molar-refractivity contribution in [2.45, 2.75) is 31.5 Å². The third-order valence-electron chi connectivity index (χ3n) is 4.63. The number of esters is 1. The fourth-order valence-electron chi connectivity index (χ4n) is 2.86. The van der Waals surface area contributed by atoms with Crippen LogP contribution in [-0.2, 0) is 9.53 Å². The molecule has 1 amide bonds. The number of carbonyl (C=O) groups excluding carboxylic acids is 2. The number of aromatic nitrogens is 2. The van der Waals surface area contributed by atoms with Crippen LogP contribution in [0.5, 0.6) is 0 Å². The highest BCUT2D eigenvalue weighted by Gasteiger charge is 2.17. The van der Waals surface area contributed by atoms with Crippen LogP contribution >= 0.6 is 11.8 Å². The minimum Gasteiger partial charge on any atom is -0.465 e. The molecule has 3 aromatic rings. The summed E-state index contributed by atoms with van der Waals surface area (Å²) in [6.07, 6.45) is 0.829. The van der Waals surface area contributed by atoms with E-state index in [0.717, 1.165) is 6.42 Å². The monoisotopic (exact) mass is 425 g/mol. The summed E-state index contributed by atoms with van der Waals surface area (Å²) in [7, 11) is 1.30. The van der Waals surface area contributed by atoms with E-state index in [4.69, 9.17) is 4.74 Å². The quantitative estimate of drug-likeness (QED) is 0.355. The summed E-state index contributed by atoms with van der Waals surface area (Å²) in [5.74, 6) is -0.522. The first-order valence-corrected chi connectivity index (χ1v) is 10.6. The zero-order valence-electron chi connectivity index (χ0n) is 17.0. The molecule has 0 aliphatic rings. The van der Waals surface area contributed by atoms with Crippen molar-refractivity contribution < 1.29 is 14.3 Å². The molecule has 1 aromatic heterocycles. The molecule has 0 radical (unpaired) electrons. The largest absolute Gasteiger partial charge is 0.465 e. The Morgan fingerprint density at radius 2 is 1.93 bits per heavy atom. The number of carbonyl (C=O) groups is 2. The number of benzene rings is 2. The Morgan fingerprint density at radius 1 is 1.20 bits per heavy atom. The van der Waals surface area contributed by atoms with Crippen molar-refractivity contribution in [3.05, 3.63) is 64.4 Å². The van der Waals surface area contributed by atoms with Gasteiger partial charge in [-0.3, -0.25) is 14.2 Å². The van der Waals surface area contributed by atoms with Gasteiger partial charge in [0.05, 0.1) is 35.0 Å². The number of nitrogens with zero attached hydrogens (tertiary/aromatic N) is 2. The number of fused-ring (bicyclic) bond motifs is 1. The number of hydrogen-bond acceptors (Lipinski definition) is 6. The first-order chi connectivity index (χ1) is 14.4. The number of ether oxygens (including phenoxy) is 1. The van der Waals surface area contributed by atoms with Crippen molar-refractivity contribution in [2.75, 3.05) is 12.9 Å². The maximum Gasteiger partial charge on any atom is 0.337 e. The molecule has 1 heterocycles. The maximum absolute atomic E-state index is 13.3. The molecule has 8 heteroatoms. The summed E-state index contributed by atoms with van der Waals surface area (Å²) in [6, 6.07) is 13.8. The number of rotatable bonds is 7. The molecule has 0 saturated carbocycles. The van der Waals surface area contributed by atoms with Crippen LogP contribution in [0.15, 0.2) is 58.5 Å². The minimum atomic E-state index is -0.506. The molecule has 1 atom stereocenters. The fourth-order valence-corrected chi connectivity index (χ4v) is 3.68. The zero-order chi connectivity index (χ0) is 21.7. The van der Waals surface area contributed by atoms with E-state index < -0.39 is 5.97 Å². The van der Waals surface area contributed by atoms with Gasteiger partial charge in [-0.15, -0.1) is 0 Å². The Morgan fingerprint density at radius 3 is 2.60 bits per heavy atom.